The Bertz CT molecular complexity index is 413. The lowest BCUT2D eigenvalue weighted by Gasteiger charge is -2.24. The van der Waals surface area contributed by atoms with Gasteiger partial charge in [-0.1, -0.05) is 30.7 Å². The van der Waals surface area contributed by atoms with Crippen LogP contribution in [0.15, 0.2) is 36.1 Å². The second kappa shape index (κ2) is 7.56. The summed E-state index contributed by atoms with van der Waals surface area (Å²) >= 11 is 5.93. The molecular weight excluding hydrogens is 258 g/mol. The van der Waals surface area contributed by atoms with Crippen molar-refractivity contribution in [3.63, 3.8) is 0 Å². The minimum Gasteiger partial charge on any atom is -0.501 e. The van der Waals surface area contributed by atoms with Crippen LogP contribution in [-0.2, 0) is 11.2 Å². The minimum absolute atomic E-state index is 0.376. The summed E-state index contributed by atoms with van der Waals surface area (Å²) in [6, 6.07) is 8.50. The van der Waals surface area contributed by atoms with Crippen LogP contribution in [0.5, 0.6) is 0 Å². The van der Waals surface area contributed by atoms with E-state index in [1.165, 1.54) is 11.1 Å². The molecule has 0 fully saturated rings. The minimum atomic E-state index is 0.376. The van der Waals surface area contributed by atoms with Crippen molar-refractivity contribution in [3.8, 4) is 0 Å². The fourth-order valence-corrected chi connectivity index (χ4v) is 2.48. The van der Waals surface area contributed by atoms with Gasteiger partial charge in [0, 0.05) is 11.1 Å². The molecule has 2 rings (SSSR count). The maximum Gasteiger partial charge on any atom is 0.0876 e. The van der Waals surface area contributed by atoms with E-state index in [9.17, 15) is 0 Å². The van der Waals surface area contributed by atoms with Gasteiger partial charge in [-0.15, -0.1) is 0 Å². The third-order valence-corrected chi connectivity index (χ3v) is 3.66. The predicted molar refractivity (Wildman–Crippen MR) is 80.5 cm³/mol. The summed E-state index contributed by atoms with van der Waals surface area (Å²) in [5.74, 6) is 0. The van der Waals surface area contributed by atoms with Gasteiger partial charge in [0.2, 0.25) is 0 Å². The fourth-order valence-electron chi connectivity index (χ4n) is 2.35. The van der Waals surface area contributed by atoms with Crippen LogP contribution in [0.3, 0.4) is 0 Å². The van der Waals surface area contributed by atoms with E-state index in [2.05, 4.69) is 24.4 Å². The summed E-state index contributed by atoms with van der Waals surface area (Å²) < 4.78 is 5.48. The summed E-state index contributed by atoms with van der Waals surface area (Å²) in [4.78, 5) is 0. The molecule has 1 N–H and O–H groups in total. The zero-order valence-corrected chi connectivity index (χ0v) is 12.2. The summed E-state index contributed by atoms with van der Waals surface area (Å²) in [5, 5.41) is 4.41. The molecule has 0 saturated heterocycles. The first kappa shape index (κ1) is 14.4. The standard InChI is InChI=1S/C16H22ClNO/c1-2-9-18-16(14-4-3-10-19-12-14)11-13-5-7-15(17)8-6-13/h5-8,12,16,18H,2-4,9-11H2,1H3. The highest BCUT2D eigenvalue weighted by atomic mass is 35.5. The van der Waals surface area contributed by atoms with Crippen molar-refractivity contribution >= 4 is 11.6 Å². The molecule has 0 radical (unpaired) electrons. The van der Waals surface area contributed by atoms with E-state index in [4.69, 9.17) is 16.3 Å². The Kier molecular flexibility index (Phi) is 5.74. The number of hydrogen-bond acceptors (Lipinski definition) is 2. The van der Waals surface area contributed by atoms with Crippen molar-refractivity contribution < 1.29 is 4.74 Å². The Hall–Kier alpha value is -0.990. The summed E-state index contributed by atoms with van der Waals surface area (Å²) in [6.07, 6.45) is 6.34. The number of halogens is 1. The highest BCUT2D eigenvalue weighted by molar-refractivity contribution is 6.30. The second-order valence-corrected chi connectivity index (χ2v) is 5.44. The summed E-state index contributed by atoms with van der Waals surface area (Å²) in [6.45, 7) is 4.08. The first-order valence-corrected chi connectivity index (χ1v) is 7.45. The summed E-state index contributed by atoms with van der Waals surface area (Å²) in [7, 11) is 0. The average Bonchev–Trinajstić information content (AvgIpc) is 2.46. The monoisotopic (exact) mass is 279 g/mol. The molecule has 1 atom stereocenters. The Balaban J connectivity index is 2.04. The lowest BCUT2D eigenvalue weighted by atomic mass is 9.95. The SMILES string of the molecule is CCCNC(Cc1ccc(Cl)cc1)C1=COCCC1. The molecule has 1 aromatic carbocycles. The number of rotatable bonds is 6. The zero-order valence-electron chi connectivity index (χ0n) is 11.5. The topological polar surface area (TPSA) is 21.3 Å². The Morgan fingerprint density at radius 3 is 2.74 bits per heavy atom. The highest BCUT2D eigenvalue weighted by Crippen LogP contribution is 2.20. The molecule has 1 aromatic rings. The average molecular weight is 280 g/mol. The molecule has 1 heterocycles. The van der Waals surface area contributed by atoms with Gasteiger partial charge in [0.1, 0.15) is 0 Å². The van der Waals surface area contributed by atoms with Crippen molar-refractivity contribution in [1.29, 1.82) is 0 Å². The molecule has 0 amide bonds. The van der Waals surface area contributed by atoms with Gasteiger partial charge in [-0.25, -0.2) is 0 Å². The molecule has 19 heavy (non-hydrogen) atoms. The largest absolute Gasteiger partial charge is 0.501 e. The van der Waals surface area contributed by atoms with Crippen molar-refractivity contribution in [2.75, 3.05) is 13.2 Å². The molecule has 0 aliphatic carbocycles. The maximum atomic E-state index is 5.93. The number of benzene rings is 1. The molecule has 0 bridgehead atoms. The third-order valence-electron chi connectivity index (χ3n) is 3.40. The molecule has 0 saturated carbocycles. The molecule has 3 heteroatoms. The van der Waals surface area contributed by atoms with Crippen LogP contribution >= 0.6 is 11.6 Å². The van der Waals surface area contributed by atoms with E-state index < -0.39 is 0 Å². The van der Waals surface area contributed by atoms with E-state index in [0.29, 0.717) is 6.04 Å². The van der Waals surface area contributed by atoms with Crippen LogP contribution in [-0.4, -0.2) is 19.2 Å². The molecule has 104 valence electrons. The van der Waals surface area contributed by atoms with Crippen molar-refractivity contribution in [2.24, 2.45) is 0 Å². The summed E-state index contributed by atoms with van der Waals surface area (Å²) in [5.41, 5.74) is 2.69. The van der Waals surface area contributed by atoms with Crippen LogP contribution < -0.4 is 5.32 Å². The second-order valence-electron chi connectivity index (χ2n) is 5.00. The van der Waals surface area contributed by atoms with E-state index in [-0.39, 0.29) is 0 Å². The molecule has 0 aromatic heterocycles. The molecule has 1 aliphatic heterocycles. The van der Waals surface area contributed by atoms with Gasteiger partial charge in [-0.05, 0) is 55.5 Å². The van der Waals surface area contributed by atoms with Gasteiger partial charge < -0.3 is 10.1 Å². The number of nitrogens with one attached hydrogen (secondary N) is 1. The Morgan fingerprint density at radius 1 is 1.32 bits per heavy atom. The maximum absolute atomic E-state index is 5.93. The first-order valence-electron chi connectivity index (χ1n) is 7.08. The number of ether oxygens (including phenoxy) is 1. The van der Waals surface area contributed by atoms with Gasteiger partial charge in [-0.3, -0.25) is 0 Å². The van der Waals surface area contributed by atoms with Crippen LogP contribution in [0.2, 0.25) is 5.02 Å². The lowest BCUT2D eigenvalue weighted by Crippen LogP contribution is -2.34. The predicted octanol–water partition coefficient (Wildman–Crippen LogP) is 3.95. The van der Waals surface area contributed by atoms with E-state index in [1.807, 2.05) is 18.4 Å². The van der Waals surface area contributed by atoms with Crippen molar-refractivity contribution in [1.82, 2.24) is 5.32 Å². The van der Waals surface area contributed by atoms with Gasteiger partial charge in [0.25, 0.3) is 0 Å². The van der Waals surface area contributed by atoms with Crippen molar-refractivity contribution in [3.05, 3.63) is 46.7 Å². The zero-order chi connectivity index (χ0) is 13.5. The Morgan fingerprint density at radius 2 is 2.11 bits per heavy atom. The van der Waals surface area contributed by atoms with E-state index in [1.54, 1.807) is 0 Å². The Labute approximate surface area is 120 Å². The number of hydrogen-bond donors (Lipinski definition) is 1. The van der Waals surface area contributed by atoms with Gasteiger partial charge in [-0.2, -0.15) is 0 Å². The van der Waals surface area contributed by atoms with Crippen molar-refractivity contribution in [2.45, 2.75) is 38.6 Å². The molecule has 1 aliphatic rings. The lowest BCUT2D eigenvalue weighted by molar-refractivity contribution is 0.219. The van der Waals surface area contributed by atoms with Crippen LogP contribution in [0, 0.1) is 0 Å². The fraction of sp³-hybridized carbons (Fsp3) is 0.500. The normalized spacial score (nSPS) is 16.6. The quantitative estimate of drug-likeness (QED) is 0.851. The highest BCUT2D eigenvalue weighted by Gasteiger charge is 2.17. The molecule has 2 nitrogen and oxygen atoms in total. The van der Waals surface area contributed by atoms with E-state index >= 15 is 0 Å². The third kappa shape index (κ3) is 4.55. The van der Waals surface area contributed by atoms with Gasteiger partial charge in [0.05, 0.1) is 12.9 Å². The molecule has 0 spiro atoms. The molecule has 1 unspecified atom stereocenters. The smallest absolute Gasteiger partial charge is 0.0876 e. The van der Waals surface area contributed by atoms with Gasteiger partial charge in [0.15, 0.2) is 0 Å². The molecular formula is C16H22ClNO. The van der Waals surface area contributed by atoms with E-state index in [0.717, 1.165) is 43.9 Å². The van der Waals surface area contributed by atoms with Crippen LogP contribution in [0.25, 0.3) is 0 Å². The first-order chi connectivity index (χ1) is 9.29. The van der Waals surface area contributed by atoms with Gasteiger partial charge >= 0.3 is 0 Å². The van der Waals surface area contributed by atoms with Crippen LogP contribution in [0.1, 0.15) is 31.7 Å². The van der Waals surface area contributed by atoms with Crippen LogP contribution in [0.4, 0.5) is 0 Å².